The van der Waals surface area contributed by atoms with Crippen molar-refractivity contribution in [3.63, 3.8) is 0 Å². The van der Waals surface area contributed by atoms with Crippen LogP contribution in [-0.2, 0) is 11.3 Å². The summed E-state index contributed by atoms with van der Waals surface area (Å²) in [5, 5.41) is 0. The summed E-state index contributed by atoms with van der Waals surface area (Å²) >= 11 is 0. The summed E-state index contributed by atoms with van der Waals surface area (Å²) in [5.41, 5.74) is 1.09. The molecule has 74 valence electrons. The molecule has 0 radical (unpaired) electrons. The minimum Gasteiger partial charge on any atom is -0.497 e. The highest BCUT2D eigenvalue weighted by atomic mass is 16.5. The van der Waals surface area contributed by atoms with Gasteiger partial charge in [0.15, 0.2) is 0 Å². The van der Waals surface area contributed by atoms with Gasteiger partial charge in [0.05, 0.1) is 6.26 Å². The van der Waals surface area contributed by atoms with E-state index in [1.54, 1.807) is 6.08 Å². The largest absolute Gasteiger partial charge is 0.497 e. The fraction of sp³-hybridized carbons (Fsp3) is 0.167. The molecule has 0 aliphatic carbocycles. The van der Waals surface area contributed by atoms with Crippen LogP contribution in [0.15, 0.2) is 49.8 Å². The average Bonchev–Trinajstić information content (AvgIpc) is 2.25. The number of hydrogen-bond donors (Lipinski definition) is 0. The SMILES string of the molecule is C=CCOc1ccc(COC=C)cc1. The van der Waals surface area contributed by atoms with Crippen molar-refractivity contribution in [3.05, 3.63) is 55.3 Å². The van der Waals surface area contributed by atoms with Crippen LogP contribution < -0.4 is 4.74 Å². The standard InChI is InChI=1S/C12H14O2/c1-3-9-14-12-7-5-11(6-8-12)10-13-4-2/h3-8H,1-2,9-10H2. The van der Waals surface area contributed by atoms with E-state index in [1.165, 1.54) is 6.26 Å². The van der Waals surface area contributed by atoms with E-state index in [-0.39, 0.29) is 0 Å². The predicted octanol–water partition coefficient (Wildman–Crippen LogP) is 2.91. The second-order valence-corrected chi connectivity index (χ2v) is 2.72. The van der Waals surface area contributed by atoms with Gasteiger partial charge in [0.2, 0.25) is 0 Å². The monoisotopic (exact) mass is 190 g/mol. The molecule has 0 atom stereocenters. The van der Waals surface area contributed by atoms with Crippen molar-refractivity contribution in [2.75, 3.05) is 6.61 Å². The third-order valence-electron chi connectivity index (χ3n) is 1.66. The molecule has 2 heteroatoms. The van der Waals surface area contributed by atoms with Crippen LogP contribution in [0.4, 0.5) is 0 Å². The molecule has 0 aliphatic rings. The molecule has 0 spiro atoms. The van der Waals surface area contributed by atoms with Crippen LogP contribution in [0.3, 0.4) is 0 Å². The molecule has 0 fully saturated rings. The summed E-state index contributed by atoms with van der Waals surface area (Å²) in [7, 11) is 0. The second-order valence-electron chi connectivity index (χ2n) is 2.72. The number of rotatable bonds is 6. The van der Waals surface area contributed by atoms with Gasteiger partial charge in [0.25, 0.3) is 0 Å². The van der Waals surface area contributed by atoms with Crippen LogP contribution in [0.5, 0.6) is 5.75 Å². The predicted molar refractivity (Wildman–Crippen MR) is 57.1 cm³/mol. The third-order valence-corrected chi connectivity index (χ3v) is 1.66. The Morgan fingerprint density at radius 2 is 1.86 bits per heavy atom. The van der Waals surface area contributed by atoms with Gasteiger partial charge in [-0.05, 0) is 17.7 Å². The summed E-state index contributed by atoms with van der Waals surface area (Å²) < 4.78 is 10.4. The lowest BCUT2D eigenvalue weighted by Crippen LogP contribution is -1.93. The number of hydrogen-bond acceptors (Lipinski definition) is 2. The van der Waals surface area contributed by atoms with Gasteiger partial charge in [0.1, 0.15) is 19.0 Å². The Bertz CT molecular complexity index is 257. The van der Waals surface area contributed by atoms with E-state index in [1.807, 2.05) is 24.3 Å². The molecule has 0 aromatic heterocycles. The van der Waals surface area contributed by atoms with Crippen LogP contribution in [0.25, 0.3) is 0 Å². The molecule has 0 saturated carbocycles. The van der Waals surface area contributed by atoms with Crippen LogP contribution in [-0.4, -0.2) is 6.61 Å². The molecule has 0 saturated heterocycles. The molecule has 1 rings (SSSR count). The highest BCUT2D eigenvalue weighted by Gasteiger charge is 1.93. The van der Waals surface area contributed by atoms with Crippen molar-refractivity contribution >= 4 is 0 Å². The highest BCUT2D eigenvalue weighted by Crippen LogP contribution is 2.12. The Morgan fingerprint density at radius 3 is 2.43 bits per heavy atom. The number of benzene rings is 1. The Hall–Kier alpha value is -1.70. The molecule has 14 heavy (non-hydrogen) atoms. The average molecular weight is 190 g/mol. The van der Waals surface area contributed by atoms with E-state index in [0.717, 1.165) is 11.3 Å². The van der Waals surface area contributed by atoms with Crippen LogP contribution in [0, 0.1) is 0 Å². The zero-order valence-electron chi connectivity index (χ0n) is 8.11. The Balaban J connectivity index is 2.49. The molecule has 2 nitrogen and oxygen atoms in total. The first-order chi connectivity index (χ1) is 6.86. The van der Waals surface area contributed by atoms with Gasteiger partial charge in [-0.15, -0.1) is 0 Å². The van der Waals surface area contributed by atoms with Crippen LogP contribution >= 0.6 is 0 Å². The van der Waals surface area contributed by atoms with E-state index >= 15 is 0 Å². The lowest BCUT2D eigenvalue weighted by Gasteiger charge is -2.04. The quantitative estimate of drug-likeness (QED) is 0.507. The van der Waals surface area contributed by atoms with Gasteiger partial charge < -0.3 is 9.47 Å². The van der Waals surface area contributed by atoms with E-state index in [2.05, 4.69) is 13.2 Å². The van der Waals surface area contributed by atoms with E-state index in [4.69, 9.17) is 9.47 Å². The number of ether oxygens (including phenoxy) is 2. The van der Waals surface area contributed by atoms with E-state index in [9.17, 15) is 0 Å². The van der Waals surface area contributed by atoms with E-state index in [0.29, 0.717) is 13.2 Å². The molecule has 0 aliphatic heterocycles. The van der Waals surface area contributed by atoms with Gasteiger partial charge in [-0.2, -0.15) is 0 Å². The summed E-state index contributed by atoms with van der Waals surface area (Å²) in [6.45, 7) is 8.13. The van der Waals surface area contributed by atoms with Crippen molar-refractivity contribution < 1.29 is 9.47 Å². The second kappa shape index (κ2) is 5.86. The Labute approximate surface area is 84.5 Å². The minimum absolute atomic E-state index is 0.530. The molecular weight excluding hydrogens is 176 g/mol. The Morgan fingerprint density at radius 1 is 1.14 bits per heavy atom. The Kier molecular flexibility index (Phi) is 4.35. The van der Waals surface area contributed by atoms with E-state index < -0.39 is 0 Å². The molecule has 0 amide bonds. The van der Waals surface area contributed by atoms with Gasteiger partial charge in [-0.3, -0.25) is 0 Å². The highest BCUT2D eigenvalue weighted by molar-refractivity contribution is 5.27. The fourth-order valence-electron chi connectivity index (χ4n) is 0.992. The van der Waals surface area contributed by atoms with Gasteiger partial charge >= 0.3 is 0 Å². The molecular formula is C12H14O2. The molecule has 0 unspecified atom stereocenters. The molecule has 1 aromatic rings. The zero-order chi connectivity index (χ0) is 10.2. The lowest BCUT2D eigenvalue weighted by molar-refractivity contribution is 0.237. The third kappa shape index (κ3) is 3.35. The maximum Gasteiger partial charge on any atom is 0.119 e. The summed E-state index contributed by atoms with van der Waals surface area (Å²) in [6, 6.07) is 7.74. The van der Waals surface area contributed by atoms with Gasteiger partial charge in [0, 0.05) is 0 Å². The molecule has 0 heterocycles. The lowest BCUT2D eigenvalue weighted by atomic mass is 10.2. The van der Waals surface area contributed by atoms with Crippen molar-refractivity contribution in [1.29, 1.82) is 0 Å². The first kappa shape index (κ1) is 10.4. The smallest absolute Gasteiger partial charge is 0.119 e. The minimum atomic E-state index is 0.530. The van der Waals surface area contributed by atoms with Crippen molar-refractivity contribution in [2.45, 2.75) is 6.61 Å². The van der Waals surface area contributed by atoms with Crippen LogP contribution in [0.2, 0.25) is 0 Å². The normalized spacial score (nSPS) is 9.14. The van der Waals surface area contributed by atoms with Crippen molar-refractivity contribution in [1.82, 2.24) is 0 Å². The molecule has 1 aromatic carbocycles. The van der Waals surface area contributed by atoms with Crippen LogP contribution in [0.1, 0.15) is 5.56 Å². The van der Waals surface area contributed by atoms with Crippen molar-refractivity contribution in [3.8, 4) is 5.75 Å². The van der Waals surface area contributed by atoms with Gasteiger partial charge in [-0.1, -0.05) is 31.4 Å². The summed E-state index contributed by atoms with van der Waals surface area (Å²) in [6.07, 6.45) is 3.15. The first-order valence-electron chi connectivity index (χ1n) is 4.42. The summed E-state index contributed by atoms with van der Waals surface area (Å²) in [4.78, 5) is 0. The fourth-order valence-corrected chi connectivity index (χ4v) is 0.992. The summed E-state index contributed by atoms with van der Waals surface area (Å²) in [5.74, 6) is 0.840. The maximum absolute atomic E-state index is 5.34. The first-order valence-corrected chi connectivity index (χ1v) is 4.42. The topological polar surface area (TPSA) is 18.5 Å². The maximum atomic E-state index is 5.34. The molecule has 0 N–H and O–H groups in total. The molecule has 0 bridgehead atoms. The van der Waals surface area contributed by atoms with Crippen molar-refractivity contribution in [2.24, 2.45) is 0 Å². The zero-order valence-corrected chi connectivity index (χ0v) is 8.11. The van der Waals surface area contributed by atoms with Gasteiger partial charge in [-0.25, -0.2) is 0 Å².